The van der Waals surface area contributed by atoms with Crippen molar-refractivity contribution in [3.63, 3.8) is 0 Å². The molecule has 0 saturated carbocycles. The number of aryl methyl sites for hydroxylation is 1. The fourth-order valence-corrected chi connectivity index (χ4v) is 1.88. The molecule has 4 heteroatoms. The van der Waals surface area contributed by atoms with Crippen LogP contribution in [-0.4, -0.2) is 29.9 Å². The lowest BCUT2D eigenvalue weighted by atomic mass is 10.1. The van der Waals surface area contributed by atoms with E-state index < -0.39 is 0 Å². The molecule has 86 valence electrons. The number of amides is 1. The highest BCUT2D eigenvalue weighted by Gasteiger charge is 2.24. The molecule has 1 fully saturated rings. The minimum atomic E-state index is -0.339. The Kier molecular flexibility index (Phi) is 2.92. The van der Waals surface area contributed by atoms with Crippen LogP contribution in [0.5, 0.6) is 0 Å². The zero-order valence-electron chi connectivity index (χ0n) is 9.24. The molecule has 0 radical (unpaired) electrons. The van der Waals surface area contributed by atoms with Gasteiger partial charge in [-0.1, -0.05) is 6.07 Å². The number of halogens is 1. The second-order valence-corrected chi connectivity index (χ2v) is 4.26. The molecule has 0 bridgehead atoms. The Morgan fingerprint density at radius 3 is 2.88 bits per heavy atom. The quantitative estimate of drug-likeness (QED) is 0.778. The standard InChI is InChI=1S/C12H15FN2O/c1-8-2-3-9(6-11(8)13)12(16)15-5-4-10(14)7-15/h2-3,6,10H,4-5,7,14H2,1H3/t10-/m1/s1. The van der Waals surface area contributed by atoms with Gasteiger partial charge in [0.1, 0.15) is 5.82 Å². The number of rotatable bonds is 1. The first kappa shape index (κ1) is 11.1. The predicted molar refractivity (Wildman–Crippen MR) is 59.6 cm³/mol. The lowest BCUT2D eigenvalue weighted by molar-refractivity contribution is 0.0790. The van der Waals surface area contributed by atoms with Crippen molar-refractivity contribution in [3.05, 3.63) is 35.1 Å². The second-order valence-electron chi connectivity index (χ2n) is 4.26. The van der Waals surface area contributed by atoms with Crippen molar-refractivity contribution in [3.8, 4) is 0 Å². The summed E-state index contributed by atoms with van der Waals surface area (Å²) in [5.74, 6) is -0.471. The average Bonchev–Trinajstić information content (AvgIpc) is 2.68. The van der Waals surface area contributed by atoms with E-state index in [-0.39, 0.29) is 17.8 Å². The summed E-state index contributed by atoms with van der Waals surface area (Å²) < 4.78 is 13.3. The van der Waals surface area contributed by atoms with Gasteiger partial charge in [-0.25, -0.2) is 4.39 Å². The topological polar surface area (TPSA) is 46.3 Å². The van der Waals surface area contributed by atoms with Crippen LogP contribution >= 0.6 is 0 Å². The molecular weight excluding hydrogens is 207 g/mol. The lowest BCUT2D eigenvalue weighted by Crippen LogP contribution is -2.31. The largest absolute Gasteiger partial charge is 0.337 e. The number of hydrogen-bond acceptors (Lipinski definition) is 2. The van der Waals surface area contributed by atoms with Crippen LogP contribution in [0.4, 0.5) is 4.39 Å². The molecule has 2 rings (SSSR count). The molecule has 1 aromatic rings. The van der Waals surface area contributed by atoms with Crippen LogP contribution in [0, 0.1) is 12.7 Å². The number of nitrogens with two attached hydrogens (primary N) is 1. The van der Waals surface area contributed by atoms with Crippen molar-refractivity contribution in [1.29, 1.82) is 0 Å². The smallest absolute Gasteiger partial charge is 0.254 e. The highest BCUT2D eigenvalue weighted by atomic mass is 19.1. The Morgan fingerprint density at radius 2 is 2.31 bits per heavy atom. The third-order valence-electron chi connectivity index (χ3n) is 2.93. The molecular formula is C12H15FN2O. The molecule has 1 saturated heterocycles. The molecule has 1 heterocycles. The minimum absolute atomic E-state index is 0.0549. The third kappa shape index (κ3) is 2.07. The van der Waals surface area contributed by atoms with Crippen LogP contribution in [-0.2, 0) is 0 Å². The van der Waals surface area contributed by atoms with Gasteiger partial charge in [-0.2, -0.15) is 0 Å². The number of hydrogen-bond donors (Lipinski definition) is 1. The molecule has 3 nitrogen and oxygen atoms in total. The van der Waals surface area contributed by atoms with Crippen LogP contribution in [0.2, 0.25) is 0 Å². The maximum absolute atomic E-state index is 13.3. The molecule has 0 aliphatic carbocycles. The molecule has 1 aliphatic rings. The third-order valence-corrected chi connectivity index (χ3v) is 2.93. The minimum Gasteiger partial charge on any atom is -0.337 e. The van der Waals surface area contributed by atoms with E-state index in [2.05, 4.69) is 0 Å². The Labute approximate surface area is 94.0 Å². The summed E-state index contributed by atoms with van der Waals surface area (Å²) in [4.78, 5) is 13.6. The van der Waals surface area contributed by atoms with Crippen LogP contribution in [0.25, 0.3) is 0 Å². The van der Waals surface area contributed by atoms with Gasteiger partial charge in [-0.05, 0) is 31.0 Å². The van der Waals surface area contributed by atoms with E-state index in [0.717, 1.165) is 6.42 Å². The summed E-state index contributed by atoms with van der Waals surface area (Å²) in [5.41, 5.74) is 6.68. The SMILES string of the molecule is Cc1ccc(C(=O)N2CC[C@@H](N)C2)cc1F. The van der Waals surface area contributed by atoms with Crippen molar-refractivity contribution < 1.29 is 9.18 Å². The molecule has 1 amide bonds. The van der Waals surface area contributed by atoms with Gasteiger partial charge >= 0.3 is 0 Å². The van der Waals surface area contributed by atoms with Crippen LogP contribution in [0.15, 0.2) is 18.2 Å². The summed E-state index contributed by atoms with van der Waals surface area (Å²) in [6.45, 7) is 2.90. The van der Waals surface area contributed by atoms with Gasteiger partial charge in [0.25, 0.3) is 5.91 Å². The van der Waals surface area contributed by atoms with Crippen molar-refractivity contribution in [2.45, 2.75) is 19.4 Å². The molecule has 0 unspecified atom stereocenters. The van der Waals surface area contributed by atoms with E-state index in [4.69, 9.17) is 5.73 Å². The number of benzene rings is 1. The molecule has 0 aromatic heterocycles. The highest BCUT2D eigenvalue weighted by molar-refractivity contribution is 5.94. The summed E-state index contributed by atoms with van der Waals surface area (Å²) in [6.07, 6.45) is 0.820. The normalized spacial score (nSPS) is 20.2. The van der Waals surface area contributed by atoms with Gasteiger partial charge in [0.15, 0.2) is 0 Å². The Balaban J connectivity index is 2.18. The first-order chi connectivity index (χ1) is 7.58. The fraction of sp³-hybridized carbons (Fsp3) is 0.417. The average molecular weight is 222 g/mol. The Morgan fingerprint density at radius 1 is 1.56 bits per heavy atom. The molecule has 0 spiro atoms. The van der Waals surface area contributed by atoms with Crippen LogP contribution in [0.3, 0.4) is 0 Å². The zero-order chi connectivity index (χ0) is 11.7. The highest BCUT2D eigenvalue weighted by Crippen LogP contribution is 2.15. The zero-order valence-corrected chi connectivity index (χ0v) is 9.24. The Hall–Kier alpha value is -1.42. The number of carbonyl (C=O) groups excluding carboxylic acids is 1. The first-order valence-corrected chi connectivity index (χ1v) is 5.39. The predicted octanol–water partition coefficient (Wildman–Crippen LogP) is 1.31. The summed E-state index contributed by atoms with van der Waals surface area (Å²) in [7, 11) is 0. The molecule has 16 heavy (non-hydrogen) atoms. The fourth-order valence-electron chi connectivity index (χ4n) is 1.88. The van der Waals surface area contributed by atoms with Gasteiger partial charge < -0.3 is 10.6 Å². The first-order valence-electron chi connectivity index (χ1n) is 5.39. The van der Waals surface area contributed by atoms with E-state index in [1.165, 1.54) is 6.07 Å². The van der Waals surface area contributed by atoms with Gasteiger partial charge in [0, 0.05) is 24.7 Å². The van der Waals surface area contributed by atoms with Gasteiger partial charge in [0.05, 0.1) is 0 Å². The molecule has 2 N–H and O–H groups in total. The summed E-state index contributed by atoms with van der Waals surface area (Å²) in [6, 6.07) is 4.63. The van der Waals surface area contributed by atoms with Crippen LogP contribution < -0.4 is 5.73 Å². The summed E-state index contributed by atoms with van der Waals surface area (Å²) in [5, 5.41) is 0. The molecule has 1 atom stereocenters. The van der Waals surface area contributed by atoms with Crippen LogP contribution in [0.1, 0.15) is 22.3 Å². The summed E-state index contributed by atoms with van der Waals surface area (Å²) >= 11 is 0. The lowest BCUT2D eigenvalue weighted by Gasteiger charge is -2.15. The molecule has 1 aromatic carbocycles. The molecule has 1 aliphatic heterocycles. The maximum atomic E-state index is 13.3. The number of nitrogens with zero attached hydrogens (tertiary/aromatic N) is 1. The monoisotopic (exact) mass is 222 g/mol. The van der Waals surface area contributed by atoms with Gasteiger partial charge in [-0.15, -0.1) is 0 Å². The van der Waals surface area contributed by atoms with E-state index >= 15 is 0 Å². The Bertz CT molecular complexity index is 419. The van der Waals surface area contributed by atoms with Gasteiger partial charge in [-0.3, -0.25) is 4.79 Å². The van der Waals surface area contributed by atoms with E-state index in [1.54, 1.807) is 24.0 Å². The number of carbonyl (C=O) groups is 1. The van der Waals surface area contributed by atoms with Gasteiger partial charge in [0.2, 0.25) is 0 Å². The second kappa shape index (κ2) is 4.22. The van der Waals surface area contributed by atoms with Crippen molar-refractivity contribution in [1.82, 2.24) is 4.90 Å². The maximum Gasteiger partial charge on any atom is 0.254 e. The van der Waals surface area contributed by atoms with Crippen molar-refractivity contribution >= 4 is 5.91 Å². The van der Waals surface area contributed by atoms with E-state index in [9.17, 15) is 9.18 Å². The number of likely N-dealkylation sites (tertiary alicyclic amines) is 1. The van der Waals surface area contributed by atoms with Crippen molar-refractivity contribution in [2.24, 2.45) is 5.73 Å². The van der Waals surface area contributed by atoms with E-state index in [1.807, 2.05) is 0 Å². The van der Waals surface area contributed by atoms with E-state index in [0.29, 0.717) is 24.2 Å². The van der Waals surface area contributed by atoms with Crippen molar-refractivity contribution in [2.75, 3.05) is 13.1 Å².